The SMILES string of the molecule is Cc1cc(C(=O)N(C)CC2CCNCC2)ccn1. The molecule has 4 nitrogen and oxygen atoms in total. The Morgan fingerprint density at radius 2 is 2.22 bits per heavy atom. The lowest BCUT2D eigenvalue weighted by Gasteiger charge is -2.27. The number of piperidine rings is 1. The number of hydrogen-bond donors (Lipinski definition) is 1. The van der Waals surface area contributed by atoms with Crippen LogP contribution >= 0.6 is 0 Å². The van der Waals surface area contributed by atoms with E-state index in [2.05, 4.69) is 10.3 Å². The van der Waals surface area contributed by atoms with Crippen LogP contribution in [0.2, 0.25) is 0 Å². The summed E-state index contributed by atoms with van der Waals surface area (Å²) in [6.07, 6.45) is 4.01. The Labute approximate surface area is 108 Å². The number of aromatic nitrogens is 1. The molecular weight excluding hydrogens is 226 g/mol. The first kappa shape index (κ1) is 13.0. The standard InChI is InChI=1S/C14H21N3O/c1-11-9-13(5-8-16-11)14(18)17(2)10-12-3-6-15-7-4-12/h5,8-9,12,15H,3-4,6-7,10H2,1-2H3. The minimum atomic E-state index is 0.0963. The van der Waals surface area contributed by atoms with Crippen molar-refractivity contribution in [1.29, 1.82) is 0 Å². The topological polar surface area (TPSA) is 45.2 Å². The molecule has 0 unspecified atom stereocenters. The zero-order chi connectivity index (χ0) is 13.0. The maximum Gasteiger partial charge on any atom is 0.253 e. The molecule has 4 heteroatoms. The second-order valence-electron chi connectivity index (χ2n) is 5.06. The van der Waals surface area contributed by atoms with Gasteiger partial charge in [0.15, 0.2) is 0 Å². The fourth-order valence-electron chi connectivity index (χ4n) is 2.43. The number of rotatable bonds is 3. The Bertz CT molecular complexity index is 413. The van der Waals surface area contributed by atoms with Gasteiger partial charge in [0, 0.05) is 31.0 Å². The lowest BCUT2D eigenvalue weighted by Crippen LogP contribution is -2.37. The average Bonchev–Trinajstić information content (AvgIpc) is 2.39. The molecule has 1 aliphatic heterocycles. The van der Waals surface area contributed by atoms with E-state index in [-0.39, 0.29) is 5.91 Å². The highest BCUT2D eigenvalue weighted by Crippen LogP contribution is 2.14. The summed E-state index contributed by atoms with van der Waals surface area (Å²) in [5, 5.41) is 3.34. The van der Waals surface area contributed by atoms with Crippen LogP contribution in [-0.2, 0) is 0 Å². The van der Waals surface area contributed by atoms with Crippen molar-refractivity contribution >= 4 is 5.91 Å². The summed E-state index contributed by atoms with van der Waals surface area (Å²) in [5.41, 5.74) is 1.62. The van der Waals surface area contributed by atoms with Gasteiger partial charge in [-0.1, -0.05) is 0 Å². The molecule has 98 valence electrons. The van der Waals surface area contributed by atoms with Gasteiger partial charge >= 0.3 is 0 Å². The first-order valence-corrected chi connectivity index (χ1v) is 6.55. The molecule has 0 aliphatic carbocycles. The molecule has 0 spiro atoms. The molecule has 0 saturated carbocycles. The fraction of sp³-hybridized carbons (Fsp3) is 0.571. The molecular formula is C14H21N3O. The predicted molar refractivity (Wildman–Crippen MR) is 71.5 cm³/mol. The number of carbonyl (C=O) groups excluding carboxylic acids is 1. The molecule has 2 rings (SSSR count). The van der Waals surface area contributed by atoms with Crippen LogP contribution in [0.25, 0.3) is 0 Å². The molecule has 1 N–H and O–H groups in total. The molecule has 18 heavy (non-hydrogen) atoms. The van der Waals surface area contributed by atoms with Crippen LogP contribution in [0.5, 0.6) is 0 Å². The zero-order valence-electron chi connectivity index (χ0n) is 11.1. The molecule has 1 fully saturated rings. The van der Waals surface area contributed by atoms with E-state index in [9.17, 15) is 4.79 Å². The Balaban J connectivity index is 1.95. The first-order valence-electron chi connectivity index (χ1n) is 6.55. The Morgan fingerprint density at radius 3 is 2.89 bits per heavy atom. The van der Waals surface area contributed by atoms with E-state index in [0.29, 0.717) is 5.92 Å². The number of pyridine rings is 1. The van der Waals surface area contributed by atoms with E-state index in [4.69, 9.17) is 0 Å². The molecule has 2 heterocycles. The van der Waals surface area contributed by atoms with Gasteiger partial charge in [0.25, 0.3) is 5.91 Å². The van der Waals surface area contributed by atoms with E-state index >= 15 is 0 Å². The predicted octanol–water partition coefficient (Wildman–Crippen LogP) is 1.46. The van der Waals surface area contributed by atoms with Crippen molar-refractivity contribution in [2.45, 2.75) is 19.8 Å². The van der Waals surface area contributed by atoms with E-state index in [0.717, 1.165) is 43.7 Å². The molecule has 0 radical (unpaired) electrons. The van der Waals surface area contributed by atoms with Crippen LogP contribution in [0.3, 0.4) is 0 Å². The summed E-state index contributed by atoms with van der Waals surface area (Å²) in [5.74, 6) is 0.724. The third-order valence-electron chi connectivity index (χ3n) is 3.48. The lowest BCUT2D eigenvalue weighted by molar-refractivity contribution is 0.0762. The number of hydrogen-bond acceptors (Lipinski definition) is 3. The zero-order valence-corrected chi connectivity index (χ0v) is 11.1. The normalized spacial score (nSPS) is 16.6. The van der Waals surface area contributed by atoms with Crippen molar-refractivity contribution in [3.63, 3.8) is 0 Å². The van der Waals surface area contributed by atoms with E-state index in [1.165, 1.54) is 0 Å². The summed E-state index contributed by atoms with van der Waals surface area (Å²) in [6.45, 7) is 4.90. The van der Waals surface area contributed by atoms with Gasteiger partial charge in [-0.3, -0.25) is 9.78 Å². The van der Waals surface area contributed by atoms with Crippen LogP contribution in [0.1, 0.15) is 28.9 Å². The van der Waals surface area contributed by atoms with Gasteiger partial charge in [0.05, 0.1) is 0 Å². The molecule has 1 aromatic heterocycles. The van der Waals surface area contributed by atoms with Gasteiger partial charge in [-0.2, -0.15) is 0 Å². The summed E-state index contributed by atoms with van der Waals surface area (Å²) >= 11 is 0. The molecule has 1 saturated heterocycles. The molecule has 1 amide bonds. The quantitative estimate of drug-likeness (QED) is 0.879. The number of carbonyl (C=O) groups is 1. The summed E-state index contributed by atoms with van der Waals surface area (Å²) in [4.78, 5) is 18.2. The minimum absolute atomic E-state index is 0.0963. The highest BCUT2D eigenvalue weighted by atomic mass is 16.2. The first-order chi connectivity index (χ1) is 8.66. The minimum Gasteiger partial charge on any atom is -0.341 e. The maximum absolute atomic E-state index is 12.3. The van der Waals surface area contributed by atoms with Gasteiger partial charge in [-0.05, 0) is 50.9 Å². The highest BCUT2D eigenvalue weighted by molar-refractivity contribution is 5.94. The van der Waals surface area contributed by atoms with Gasteiger partial charge in [0.1, 0.15) is 0 Å². The van der Waals surface area contributed by atoms with Crippen LogP contribution in [0, 0.1) is 12.8 Å². The Hall–Kier alpha value is -1.42. The van der Waals surface area contributed by atoms with E-state index in [1.807, 2.05) is 24.9 Å². The monoisotopic (exact) mass is 247 g/mol. The number of nitrogens with zero attached hydrogens (tertiary/aromatic N) is 2. The van der Waals surface area contributed by atoms with Gasteiger partial charge in [-0.15, -0.1) is 0 Å². The third-order valence-corrected chi connectivity index (χ3v) is 3.48. The number of nitrogens with one attached hydrogen (secondary N) is 1. The highest BCUT2D eigenvalue weighted by Gasteiger charge is 2.18. The second kappa shape index (κ2) is 5.96. The smallest absolute Gasteiger partial charge is 0.253 e. The molecule has 1 aliphatic rings. The molecule has 0 atom stereocenters. The van der Waals surface area contributed by atoms with Crippen LogP contribution < -0.4 is 5.32 Å². The second-order valence-corrected chi connectivity index (χ2v) is 5.06. The van der Waals surface area contributed by atoms with Crippen LogP contribution in [-0.4, -0.2) is 42.5 Å². The van der Waals surface area contributed by atoms with E-state index < -0.39 is 0 Å². The molecule has 1 aromatic rings. The van der Waals surface area contributed by atoms with Crippen molar-refractivity contribution in [3.8, 4) is 0 Å². The van der Waals surface area contributed by atoms with Gasteiger partial charge in [-0.25, -0.2) is 0 Å². The summed E-state index contributed by atoms with van der Waals surface area (Å²) < 4.78 is 0. The van der Waals surface area contributed by atoms with Crippen molar-refractivity contribution < 1.29 is 4.79 Å². The number of aryl methyl sites for hydroxylation is 1. The van der Waals surface area contributed by atoms with Crippen LogP contribution in [0.4, 0.5) is 0 Å². The van der Waals surface area contributed by atoms with Crippen molar-refractivity contribution in [3.05, 3.63) is 29.6 Å². The maximum atomic E-state index is 12.3. The third kappa shape index (κ3) is 3.29. The summed E-state index contributed by atoms with van der Waals surface area (Å²) in [6, 6.07) is 3.63. The molecule has 0 bridgehead atoms. The Morgan fingerprint density at radius 1 is 1.50 bits per heavy atom. The lowest BCUT2D eigenvalue weighted by atomic mass is 9.97. The fourth-order valence-corrected chi connectivity index (χ4v) is 2.43. The molecule has 0 aromatic carbocycles. The van der Waals surface area contributed by atoms with Crippen molar-refractivity contribution in [1.82, 2.24) is 15.2 Å². The van der Waals surface area contributed by atoms with Gasteiger partial charge < -0.3 is 10.2 Å². The average molecular weight is 247 g/mol. The van der Waals surface area contributed by atoms with E-state index in [1.54, 1.807) is 12.3 Å². The largest absolute Gasteiger partial charge is 0.341 e. The Kier molecular flexibility index (Phi) is 4.31. The van der Waals surface area contributed by atoms with Gasteiger partial charge in [0.2, 0.25) is 0 Å². The van der Waals surface area contributed by atoms with Crippen molar-refractivity contribution in [2.24, 2.45) is 5.92 Å². The van der Waals surface area contributed by atoms with Crippen LogP contribution in [0.15, 0.2) is 18.3 Å². The number of amides is 1. The van der Waals surface area contributed by atoms with Crippen molar-refractivity contribution in [2.75, 3.05) is 26.7 Å². The summed E-state index contributed by atoms with van der Waals surface area (Å²) in [7, 11) is 1.89.